The van der Waals surface area contributed by atoms with E-state index in [9.17, 15) is 4.79 Å². The van der Waals surface area contributed by atoms with Crippen LogP contribution >= 0.6 is 11.6 Å². The SMILES string of the molecule is COc1ccc(C(=O)c2ccc(C)cc2)c(OC)c1Cl. The predicted molar refractivity (Wildman–Crippen MR) is 79.2 cm³/mol. The molecule has 0 N–H and O–H groups in total. The number of ketones is 1. The first kappa shape index (κ1) is 14.4. The first-order valence-corrected chi connectivity index (χ1v) is 6.48. The van der Waals surface area contributed by atoms with E-state index in [1.54, 1.807) is 24.3 Å². The lowest BCUT2D eigenvalue weighted by Crippen LogP contribution is -2.05. The highest BCUT2D eigenvalue weighted by Crippen LogP contribution is 2.37. The third kappa shape index (κ3) is 2.63. The Morgan fingerprint density at radius 2 is 1.65 bits per heavy atom. The van der Waals surface area contributed by atoms with E-state index < -0.39 is 0 Å². The van der Waals surface area contributed by atoms with Gasteiger partial charge in [-0.05, 0) is 19.1 Å². The van der Waals surface area contributed by atoms with Crippen molar-refractivity contribution < 1.29 is 14.3 Å². The van der Waals surface area contributed by atoms with Crippen molar-refractivity contribution in [3.63, 3.8) is 0 Å². The molecule has 4 heteroatoms. The Morgan fingerprint density at radius 1 is 1.00 bits per heavy atom. The maximum absolute atomic E-state index is 12.5. The van der Waals surface area contributed by atoms with Gasteiger partial charge in [-0.1, -0.05) is 41.4 Å². The molecule has 3 nitrogen and oxygen atoms in total. The van der Waals surface area contributed by atoms with Gasteiger partial charge in [-0.25, -0.2) is 0 Å². The molecule has 2 aromatic carbocycles. The highest BCUT2D eigenvalue weighted by atomic mass is 35.5. The van der Waals surface area contributed by atoms with Gasteiger partial charge >= 0.3 is 0 Å². The average Bonchev–Trinajstić information content (AvgIpc) is 2.47. The van der Waals surface area contributed by atoms with Crippen LogP contribution in [0, 0.1) is 6.92 Å². The zero-order valence-corrected chi connectivity index (χ0v) is 12.3. The van der Waals surface area contributed by atoms with Gasteiger partial charge < -0.3 is 9.47 Å². The summed E-state index contributed by atoms with van der Waals surface area (Å²) in [4.78, 5) is 12.5. The highest BCUT2D eigenvalue weighted by molar-refractivity contribution is 6.34. The van der Waals surface area contributed by atoms with E-state index in [1.807, 2.05) is 19.1 Å². The van der Waals surface area contributed by atoms with Crippen LogP contribution in [0.5, 0.6) is 11.5 Å². The Hall–Kier alpha value is -2.00. The number of methoxy groups -OCH3 is 2. The van der Waals surface area contributed by atoms with Crippen LogP contribution in [0.25, 0.3) is 0 Å². The van der Waals surface area contributed by atoms with Crippen LogP contribution in [0.2, 0.25) is 5.02 Å². The van der Waals surface area contributed by atoms with E-state index in [2.05, 4.69) is 0 Å². The molecule has 0 aliphatic rings. The maximum Gasteiger partial charge on any atom is 0.196 e. The Morgan fingerprint density at radius 3 is 2.20 bits per heavy atom. The molecule has 0 heterocycles. The largest absolute Gasteiger partial charge is 0.495 e. The lowest BCUT2D eigenvalue weighted by atomic mass is 10.0. The van der Waals surface area contributed by atoms with Crippen LogP contribution in [0.4, 0.5) is 0 Å². The van der Waals surface area contributed by atoms with Crippen molar-refractivity contribution >= 4 is 17.4 Å². The van der Waals surface area contributed by atoms with Crippen LogP contribution in [0.3, 0.4) is 0 Å². The molecule has 0 atom stereocenters. The first-order chi connectivity index (χ1) is 9.58. The summed E-state index contributed by atoms with van der Waals surface area (Å²) in [6.07, 6.45) is 0. The average molecular weight is 291 g/mol. The molecular weight excluding hydrogens is 276 g/mol. The molecule has 0 bridgehead atoms. The van der Waals surface area contributed by atoms with E-state index in [-0.39, 0.29) is 5.78 Å². The molecule has 0 aromatic heterocycles. The predicted octanol–water partition coefficient (Wildman–Crippen LogP) is 3.90. The summed E-state index contributed by atoms with van der Waals surface area (Å²) >= 11 is 6.17. The monoisotopic (exact) mass is 290 g/mol. The van der Waals surface area contributed by atoms with Gasteiger partial charge in [0.15, 0.2) is 11.5 Å². The number of hydrogen-bond donors (Lipinski definition) is 0. The summed E-state index contributed by atoms with van der Waals surface area (Å²) in [5.41, 5.74) is 2.11. The number of halogens is 1. The molecule has 0 saturated carbocycles. The lowest BCUT2D eigenvalue weighted by Gasteiger charge is -2.12. The number of hydrogen-bond acceptors (Lipinski definition) is 3. The van der Waals surface area contributed by atoms with Gasteiger partial charge in [0.05, 0.1) is 19.8 Å². The number of rotatable bonds is 4. The molecular formula is C16H15ClO3. The van der Waals surface area contributed by atoms with Gasteiger partial charge in [0.1, 0.15) is 10.8 Å². The second kappa shape index (κ2) is 5.97. The second-order valence-corrected chi connectivity index (χ2v) is 4.74. The maximum atomic E-state index is 12.5. The molecule has 104 valence electrons. The minimum atomic E-state index is -0.133. The lowest BCUT2D eigenvalue weighted by molar-refractivity contribution is 0.103. The van der Waals surface area contributed by atoms with Crippen molar-refractivity contribution in [2.75, 3.05) is 14.2 Å². The fourth-order valence-electron chi connectivity index (χ4n) is 1.93. The van der Waals surface area contributed by atoms with Crippen molar-refractivity contribution in [2.45, 2.75) is 6.92 Å². The molecule has 0 unspecified atom stereocenters. The van der Waals surface area contributed by atoms with Crippen molar-refractivity contribution in [3.05, 3.63) is 58.1 Å². The number of benzene rings is 2. The molecule has 0 aliphatic carbocycles. The smallest absolute Gasteiger partial charge is 0.196 e. The van der Waals surface area contributed by atoms with Crippen molar-refractivity contribution in [1.29, 1.82) is 0 Å². The van der Waals surface area contributed by atoms with Crippen LogP contribution < -0.4 is 9.47 Å². The van der Waals surface area contributed by atoms with Crippen molar-refractivity contribution in [2.24, 2.45) is 0 Å². The van der Waals surface area contributed by atoms with Gasteiger partial charge in [-0.15, -0.1) is 0 Å². The summed E-state index contributed by atoms with van der Waals surface area (Å²) < 4.78 is 10.4. The summed E-state index contributed by atoms with van der Waals surface area (Å²) in [6.45, 7) is 1.97. The molecule has 0 amide bonds. The number of carbonyl (C=O) groups is 1. The topological polar surface area (TPSA) is 35.5 Å². The summed E-state index contributed by atoms with van der Waals surface area (Å²) in [5.74, 6) is 0.673. The van der Waals surface area contributed by atoms with Gasteiger partial charge in [0.25, 0.3) is 0 Å². The Bertz CT molecular complexity index is 633. The Kier molecular flexibility index (Phi) is 4.30. The molecule has 0 spiro atoms. The minimum absolute atomic E-state index is 0.133. The molecule has 0 fully saturated rings. The van der Waals surface area contributed by atoms with Crippen molar-refractivity contribution in [3.8, 4) is 11.5 Å². The summed E-state index contributed by atoms with van der Waals surface area (Å²) in [7, 11) is 2.99. The van der Waals surface area contributed by atoms with E-state index in [0.717, 1.165) is 5.56 Å². The molecule has 0 radical (unpaired) electrons. The van der Waals surface area contributed by atoms with E-state index in [0.29, 0.717) is 27.6 Å². The van der Waals surface area contributed by atoms with E-state index in [1.165, 1.54) is 14.2 Å². The van der Waals surface area contributed by atoms with E-state index >= 15 is 0 Å². The van der Waals surface area contributed by atoms with Crippen LogP contribution in [-0.4, -0.2) is 20.0 Å². The number of ether oxygens (including phenoxy) is 2. The highest BCUT2D eigenvalue weighted by Gasteiger charge is 2.19. The zero-order chi connectivity index (χ0) is 14.7. The van der Waals surface area contributed by atoms with Crippen molar-refractivity contribution in [1.82, 2.24) is 0 Å². The minimum Gasteiger partial charge on any atom is -0.495 e. The number of carbonyl (C=O) groups excluding carboxylic acids is 1. The molecule has 20 heavy (non-hydrogen) atoms. The quantitative estimate of drug-likeness (QED) is 0.801. The third-order valence-electron chi connectivity index (χ3n) is 3.04. The van der Waals surface area contributed by atoms with Gasteiger partial charge in [0, 0.05) is 5.56 Å². The van der Waals surface area contributed by atoms with Gasteiger partial charge in [-0.2, -0.15) is 0 Å². The Balaban J connectivity index is 2.49. The standard InChI is InChI=1S/C16H15ClO3/c1-10-4-6-11(7-5-10)15(18)12-8-9-13(19-2)14(17)16(12)20-3/h4-9H,1-3H3. The second-order valence-electron chi connectivity index (χ2n) is 4.36. The Labute approximate surface area is 123 Å². The fourth-order valence-corrected chi connectivity index (χ4v) is 2.25. The zero-order valence-electron chi connectivity index (χ0n) is 11.6. The van der Waals surface area contributed by atoms with Gasteiger partial charge in [-0.3, -0.25) is 4.79 Å². The first-order valence-electron chi connectivity index (χ1n) is 6.10. The number of aryl methyl sites for hydroxylation is 1. The van der Waals surface area contributed by atoms with Crippen LogP contribution in [0.15, 0.2) is 36.4 Å². The fraction of sp³-hybridized carbons (Fsp3) is 0.188. The summed E-state index contributed by atoms with van der Waals surface area (Å²) in [6, 6.07) is 10.7. The van der Waals surface area contributed by atoms with Crippen LogP contribution in [-0.2, 0) is 0 Å². The van der Waals surface area contributed by atoms with Crippen LogP contribution in [0.1, 0.15) is 21.5 Å². The third-order valence-corrected chi connectivity index (χ3v) is 3.40. The normalized spacial score (nSPS) is 10.2. The molecule has 0 saturated heterocycles. The summed E-state index contributed by atoms with van der Waals surface area (Å²) in [5, 5.41) is 0.299. The van der Waals surface area contributed by atoms with Gasteiger partial charge in [0.2, 0.25) is 0 Å². The van der Waals surface area contributed by atoms with E-state index in [4.69, 9.17) is 21.1 Å². The molecule has 0 aliphatic heterocycles. The molecule has 2 rings (SSSR count). The molecule has 2 aromatic rings.